The highest BCUT2D eigenvalue weighted by molar-refractivity contribution is 5.04. The lowest BCUT2D eigenvalue weighted by atomic mass is 10.1. The normalized spacial score (nSPS) is 19.2. The van der Waals surface area contributed by atoms with Gasteiger partial charge in [-0.2, -0.15) is 5.26 Å². The lowest BCUT2D eigenvalue weighted by molar-refractivity contribution is 0.510. The van der Waals surface area contributed by atoms with E-state index in [0.29, 0.717) is 6.42 Å². The van der Waals surface area contributed by atoms with E-state index in [9.17, 15) is 0 Å². The topological polar surface area (TPSA) is 73.2 Å². The molecule has 0 unspecified atom stereocenters. The van der Waals surface area contributed by atoms with Crippen LogP contribution in [0.2, 0.25) is 0 Å². The zero-order valence-electron chi connectivity index (χ0n) is 5.65. The van der Waals surface area contributed by atoms with E-state index in [0.717, 1.165) is 6.42 Å². The third-order valence-electron chi connectivity index (χ3n) is 1.24. The summed E-state index contributed by atoms with van der Waals surface area (Å²) in [6.45, 7) is 1.96. The summed E-state index contributed by atoms with van der Waals surface area (Å²) in [6, 6.07) is 1.96. The maximum Gasteiger partial charge on any atom is 0.279 e. The number of nitriles is 1. The SMILES string of the molecule is CCCC1(C#N)N=NN=N1. The predicted molar refractivity (Wildman–Crippen MR) is 33.0 cm³/mol. The zero-order valence-corrected chi connectivity index (χ0v) is 5.65. The monoisotopic (exact) mass is 137 g/mol. The summed E-state index contributed by atoms with van der Waals surface area (Å²) in [5.74, 6) is 0. The molecule has 52 valence electrons. The summed E-state index contributed by atoms with van der Waals surface area (Å²) in [4.78, 5) is 0. The van der Waals surface area contributed by atoms with Crippen LogP contribution in [-0.4, -0.2) is 5.66 Å². The average molecular weight is 137 g/mol. The second kappa shape index (κ2) is 2.52. The van der Waals surface area contributed by atoms with Crippen molar-refractivity contribution in [2.45, 2.75) is 25.4 Å². The van der Waals surface area contributed by atoms with Crippen LogP contribution in [0.5, 0.6) is 0 Å². The minimum Gasteiger partial charge on any atom is -0.193 e. The molecule has 0 fully saturated rings. The van der Waals surface area contributed by atoms with Crippen molar-refractivity contribution >= 4 is 0 Å². The molecule has 0 amide bonds. The van der Waals surface area contributed by atoms with Crippen molar-refractivity contribution in [1.82, 2.24) is 0 Å². The molecule has 0 aromatic heterocycles. The fourth-order valence-corrected chi connectivity index (χ4v) is 0.757. The molecule has 0 aromatic carbocycles. The fourth-order valence-electron chi connectivity index (χ4n) is 0.757. The van der Waals surface area contributed by atoms with Crippen LogP contribution < -0.4 is 0 Å². The van der Waals surface area contributed by atoms with Gasteiger partial charge in [-0.3, -0.25) is 0 Å². The molecule has 1 aliphatic rings. The van der Waals surface area contributed by atoms with E-state index in [1.165, 1.54) is 0 Å². The molecular formula is C5H7N5. The highest BCUT2D eigenvalue weighted by Gasteiger charge is 2.31. The minimum atomic E-state index is -0.991. The Morgan fingerprint density at radius 2 is 2.00 bits per heavy atom. The van der Waals surface area contributed by atoms with E-state index in [2.05, 4.69) is 20.7 Å². The maximum atomic E-state index is 8.59. The Morgan fingerprint density at radius 3 is 2.40 bits per heavy atom. The lowest BCUT2D eigenvalue weighted by Crippen LogP contribution is -2.17. The van der Waals surface area contributed by atoms with Gasteiger partial charge in [0.25, 0.3) is 5.66 Å². The van der Waals surface area contributed by atoms with Gasteiger partial charge >= 0.3 is 0 Å². The van der Waals surface area contributed by atoms with Crippen molar-refractivity contribution in [3.63, 3.8) is 0 Å². The molecule has 0 spiro atoms. The summed E-state index contributed by atoms with van der Waals surface area (Å²) < 4.78 is 0. The highest BCUT2D eigenvalue weighted by atomic mass is 15.6. The van der Waals surface area contributed by atoms with E-state index in [1.54, 1.807) is 0 Å². The largest absolute Gasteiger partial charge is 0.279 e. The first kappa shape index (κ1) is 6.81. The van der Waals surface area contributed by atoms with Gasteiger partial charge in [0.15, 0.2) is 0 Å². The molecule has 1 heterocycles. The fraction of sp³-hybridized carbons (Fsp3) is 0.800. The number of rotatable bonds is 2. The standard InChI is InChI=1S/C5H7N5/c1-2-3-5(4-6)7-9-10-8-5/h2-3H2,1H3. The first-order valence-corrected chi connectivity index (χ1v) is 3.08. The van der Waals surface area contributed by atoms with Crippen LogP contribution in [0, 0.1) is 11.3 Å². The van der Waals surface area contributed by atoms with Crippen LogP contribution >= 0.6 is 0 Å². The maximum absolute atomic E-state index is 8.59. The molecule has 0 saturated carbocycles. The van der Waals surface area contributed by atoms with Crippen molar-refractivity contribution in [2.24, 2.45) is 20.7 Å². The van der Waals surface area contributed by atoms with E-state index in [-0.39, 0.29) is 0 Å². The van der Waals surface area contributed by atoms with Gasteiger partial charge in [-0.1, -0.05) is 13.3 Å². The first-order chi connectivity index (χ1) is 4.83. The smallest absolute Gasteiger partial charge is 0.193 e. The van der Waals surface area contributed by atoms with Crippen molar-refractivity contribution < 1.29 is 0 Å². The van der Waals surface area contributed by atoms with E-state index < -0.39 is 5.66 Å². The summed E-state index contributed by atoms with van der Waals surface area (Å²) in [5, 5.41) is 22.4. The summed E-state index contributed by atoms with van der Waals surface area (Å²) in [7, 11) is 0. The second-order valence-corrected chi connectivity index (χ2v) is 2.06. The predicted octanol–water partition coefficient (Wildman–Crippen LogP) is 1.84. The molecular weight excluding hydrogens is 130 g/mol. The molecule has 0 saturated heterocycles. The van der Waals surface area contributed by atoms with Gasteiger partial charge in [0.2, 0.25) is 0 Å². The van der Waals surface area contributed by atoms with Crippen LogP contribution in [0.25, 0.3) is 0 Å². The summed E-state index contributed by atoms with van der Waals surface area (Å²) >= 11 is 0. The molecule has 1 aliphatic heterocycles. The number of nitrogens with zero attached hydrogens (tertiary/aromatic N) is 5. The van der Waals surface area contributed by atoms with Gasteiger partial charge in [0.05, 0.1) is 0 Å². The molecule has 0 N–H and O–H groups in total. The number of hydrogen-bond donors (Lipinski definition) is 0. The van der Waals surface area contributed by atoms with Crippen LogP contribution in [-0.2, 0) is 0 Å². The molecule has 0 radical (unpaired) electrons. The van der Waals surface area contributed by atoms with Gasteiger partial charge in [-0.15, -0.1) is 10.2 Å². The van der Waals surface area contributed by atoms with Crippen LogP contribution in [0.1, 0.15) is 19.8 Å². The van der Waals surface area contributed by atoms with Gasteiger partial charge in [0.1, 0.15) is 6.07 Å². The van der Waals surface area contributed by atoms with E-state index in [1.807, 2.05) is 13.0 Å². The molecule has 5 nitrogen and oxygen atoms in total. The van der Waals surface area contributed by atoms with Gasteiger partial charge in [-0.25, -0.2) is 0 Å². The van der Waals surface area contributed by atoms with Crippen molar-refractivity contribution in [3.8, 4) is 6.07 Å². The van der Waals surface area contributed by atoms with Crippen molar-refractivity contribution in [3.05, 3.63) is 0 Å². The van der Waals surface area contributed by atoms with Crippen molar-refractivity contribution in [1.29, 1.82) is 5.26 Å². The Hall–Kier alpha value is -1.31. The van der Waals surface area contributed by atoms with Gasteiger partial charge in [-0.05, 0) is 10.4 Å². The van der Waals surface area contributed by atoms with E-state index in [4.69, 9.17) is 5.26 Å². The number of hydrogen-bond acceptors (Lipinski definition) is 5. The molecule has 5 heteroatoms. The Morgan fingerprint density at radius 1 is 1.40 bits per heavy atom. The Kier molecular flexibility index (Phi) is 1.71. The summed E-state index contributed by atoms with van der Waals surface area (Å²) in [6.07, 6.45) is 1.45. The van der Waals surface area contributed by atoms with Crippen molar-refractivity contribution in [2.75, 3.05) is 0 Å². The Balaban J connectivity index is 2.72. The molecule has 0 aromatic rings. The third kappa shape index (κ3) is 1.00. The molecule has 0 aliphatic carbocycles. The van der Waals surface area contributed by atoms with Crippen LogP contribution in [0.4, 0.5) is 0 Å². The third-order valence-corrected chi connectivity index (χ3v) is 1.24. The van der Waals surface area contributed by atoms with Crippen LogP contribution in [0.3, 0.4) is 0 Å². The first-order valence-electron chi connectivity index (χ1n) is 3.08. The lowest BCUT2D eigenvalue weighted by Gasteiger charge is -2.06. The van der Waals surface area contributed by atoms with Crippen LogP contribution in [0.15, 0.2) is 20.7 Å². The molecule has 1 rings (SSSR count). The zero-order chi connectivity index (χ0) is 7.45. The second-order valence-electron chi connectivity index (χ2n) is 2.06. The molecule has 0 atom stereocenters. The molecule has 0 bridgehead atoms. The van der Waals surface area contributed by atoms with Gasteiger partial charge in [0, 0.05) is 6.42 Å². The average Bonchev–Trinajstić information content (AvgIpc) is 2.39. The van der Waals surface area contributed by atoms with Gasteiger partial charge < -0.3 is 0 Å². The summed E-state index contributed by atoms with van der Waals surface area (Å²) in [5.41, 5.74) is -0.991. The minimum absolute atomic E-state index is 0.594. The molecule has 10 heavy (non-hydrogen) atoms. The van der Waals surface area contributed by atoms with E-state index >= 15 is 0 Å². The quantitative estimate of drug-likeness (QED) is 0.572. The Labute approximate surface area is 58.4 Å². The Bertz CT molecular complexity index is 199. The highest BCUT2D eigenvalue weighted by Crippen LogP contribution is 2.24.